The Hall–Kier alpha value is -1.30. The normalized spacial score (nSPS) is 19.8. The second kappa shape index (κ2) is 7.64. The van der Waals surface area contributed by atoms with Gasteiger partial charge < -0.3 is 20.2 Å². The summed E-state index contributed by atoms with van der Waals surface area (Å²) < 4.78 is 0. The average molecular weight is 299 g/mol. The van der Waals surface area contributed by atoms with Crippen LogP contribution >= 0.6 is 0 Å². The molecule has 1 saturated heterocycles. The molecule has 2 N–H and O–H groups in total. The molecule has 6 heteroatoms. The van der Waals surface area contributed by atoms with E-state index < -0.39 is 11.9 Å². The van der Waals surface area contributed by atoms with E-state index in [9.17, 15) is 9.59 Å². The molecule has 1 aliphatic rings. The van der Waals surface area contributed by atoms with Crippen LogP contribution in [0.5, 0.6) is 0 Å². The van der Waals surface area contributed by atoms with Crippen LogP contribution in [0.4, 0.5) is 4.79 Å². The zero-order valence-corrected chi connectivity index (χ0v) is 13.7. The second-order valence-electron chi connectivity index (χ2n) is 6.55. The lowest BCUT2D eigenvalue weighted by atomic mass is 9.80. The Morgan fingerprint density at radius 3 is 2.43 bits per heavy atom. The Bertz CT molecular complexity index is 365. The molecule has 0 aliphatic carbocycles. The number of nitrogens with one attached hydrogen (secondary N) is 1. The van der Waals surface area contributed by atoms with E-state index in [1.54, 1.807) is 11.8 Å². The minimum atomic E-state index is -0.872. The van der Waals surface area contributed by atoms with Crippen molar-refractivity contribution in [1.82, 2.24) is 15.1 Å². The molecule has 0 bridgehead atoms. The number of carboxylic acid groups (broad SMARTS) is 1. The van der Waals surface area contributed by atoms with Gasteiger partial charge in [0.2, 0.25) is 0 Å². The van der Waals surface area contributed by atoms with Crippen LogP contribution in [0, 0.1) is 11.3 Å². The van der Waals surface area contributed by atoms with E-state index in [1.165, 1.54) is 0 Å². The van der Waals surface area contributed by atoms with Crippen LogP contribution < -0.4 is 5.32 Å². The number of urea groups is 1. The molecule has 1 aliphatic heterocycles. The van der Waals surface area contributed by atoms with Gasteiger partial charge in [0, 0.05) is 19.6 Å². The maximum absolute atomic E-state index is 12.2. The van der Waals surface area contributed by atoms with Gasteiger partial charge in [0.15, 0.2) is 0 Å². The van der Waals surface area contributed by atoms with Crippen molar-refractivity contribution in [2.75, 3.05) is 39.8 Å². The van der Waals surface area contributed by atoms with Crippen molar-refractivity contribution in [1.29, 1.82) is 0 Å². The third-order valence-corrected chi connectivity index (χ3v) is 4.45. The molecule has 1 fully saturated rings. The van der Waals surface area contributed by atoms with Crippen molar-refractivity contribution in [3.05, 3.63) is 0 Å². The highest BCUT2D eigenvalue weighted by atomic mass is 16.4. The highest BCUT2D eigenvalue weighted by Crippen LogP contribution is 2.29. The standard InChI is InChI=1S/C15H29N3O3/c1-5-18(10-12(2)13(19)20)14(21)16-11-15(3)6-8-17(4)9-7-15/h12H,5-11H2,1-4H3,(H,16,21)(H,19,20). The summed E-state index contributed by atoms with van der Waals surface area (Å²) in [6, 6.07) is -0.161. The van der Waals surface area contributed by atoms with Gasteiger partial charge in [-0.15, -0.1) is 0 Å². The number of carboxylic acids is 1. The number of rotatable bonds is 6. The average Bonchev–Trinajstić information content (AvgIpc) is 2.45. The van der Waals surface area contributed by atoms with Gasteiger partial charge >= 0.3 is 12.0 Å². The number of amides is 2. The van der Waals surface area contributed by atoms with Crippen molar-refractivity contribution >= 4 is 12.0 Å². The molecule has 0 aromatic carbocycles. The van der Waals surface area contributed by atoms with Gasteiger partial charge in [-0.25, -0.2) is 4.79 Å². The zero-order chi connectivity index (χ0) is 16.0. The molecule has 1 unspecified atom stereocenters. The quantitative estimate of drug-likeness (QED) is 0.779. The van der Waals surface area contributed by atoms with E-state index in [0.717, 1.165) is 25.9 Å². The molecule has 0 aromatic heterocycles. The number of hydrogen-bond acceptors (Lipinski definition) is 3. The molecule has 0 saturated carbocycles. The van der Waals surface area contributed by atoms with Gasteiger partial charge in [0.25, 0.3) is 0 Å². The maximum atomic E-state index is 12.2. The van der Waals surface area contributed by atoms with Gasteiger partial charge in [0.1, 0.15) is 0 Å². The predicted octanol–water partition coefficient (Wildman–Crippen LogP) is 1.47. The zero-order valence-electron chi connectivity index (χ0n) is 13.7. The van der Waals surface area contributed by atoms with E-state index in [2.05, 4.69) is 24.2 Å². The van der Waals surface area contributed by atoms with Crippen LogP contribution in [-0.4, -0.2) is 66.7 Å². The molecule has 1 rings (SSSR count). The lowest BCUT2D eigenvalue weighted by molar-refractivity contribution is -0.141. The molecule has 6 nitrogen and oxygen atoms in total. The number of aliphatic carboxylic acids is 1. The molecular weight excluding hydrogens is 270 g/mol. The van der Waals surface area contributed by atoms with E-state index in [0.29, 0.717) is 13.1 Å². The first kappa shape index (κ1) is 17.8. The number of carbonyl (C=O) groups is 2. The molecule has 122 valence electrons. The molecule has 0 spiro atoms. The summed E-state index contributed by atoms with van der Waals surface area (Å²) in [5.74, 6) is -1.42. The molecule has 21 heavy (non-hydrogen) atoms. The minimum Gasteiger partial charge on any atom is -0.481 e. The Balaban J connectivity index is 2.45. The highest BCUT2D eigenvalue weighted by molar-refractivity contribution is 5.76. The Morgan fingerprint density at radius 2 is 1.95 bits per heavy atom. The minimum absolute atomic E-state index is 0.139. The number of piperidine rings is 1. The van der Waals surface area contributed by atoms with Gasteiger partial charge in [-0.05, 0) is 45.3 Å². The predicted molar refractivity (Wildman–Crippen MR) is 82.3 cm³/mol. The molecule has 1 heterocycles. The summed E-state index contributed by atoms with van der Waals surface area (Å²) >= 11 is 0. The first-order chi connectivity index (χ1) is 9.77. The van der Waals surface area contributed by atoms with E-state index in [-0.39, 0.29) is 18.0 Å². The third-order valence-electron chi connectivity index (χ3n) is 4.45. The van der Waals surface area contributed by atoms with E-state index in [1.807, 2.05) is 6.92 Å². The summed E-state index contributed by atoms with van der Waals surface area (Å²) in [4.78, 5) is 27.0. The Labute approximate surface area is 127 Å². The molecule has 2 amide bonds. The van der Waals surface area contributed by atoms with Crippen LogP contribution in [0.1, 0.15) is 33.6 Å². The third kappa shape index (κ3) is 5.53. The largest absolute Gasteiger partial charge is 0.481 e. The topological polar surface area (TPSA) is 72.9 Å². The van der Waals surface area contributed by atoms with Gasteiger partial charge in [-0.1, -0.05) is 13.8 Å². The SMILES string of the molecule is CCN(CC(C)C(=O)O)C(=O)NCC1(C)CCN(C)CC1. The lowest BCUT2D eigenvalue weighted by Gasteiger charge is -2.38. The monoisotopic (exact) mass is 299 g/mol. The number of likely N-dealkylation sites (tertiary alicyclic amines) is 1. The lowest BCUT2D eigenvalue weighted by Crippen LogP contribution is -2.48. The molecular formula is C15H29N3O3. The fourth-order valence-electron chi connectivity index (χ4n) is 2.50. The first-order valence-electron chi connectivity index (χ1n) is 7.71. The van der Waals surface area contributed by atoms with Crippen molar-refractivity contribution in [2.24, 2.45) is 11.3 Å². The fraction of sp³-hybridized carbons (Fsp3) is 0.867. The maximum Gasteiger partial charge on any atom is 0.317 e. The van der Waals surface area contributed by atoms with Crippen LogP contribution in [-0.2, 0) is 4.79 Å². The fourth-order valence-corrected chi connectivity index (χ4v) is 2.50. The summed E-state index contributed by atoms with van der Waals surface area (Å²) in [6.45, 7) is 9.22. The van der Waals surface area contributed by atoms with Crippen LogP contribution in [0.2, 0.25) is 0 Å². The van der Waals surface area contributed by atoms with Crippen molar-refractivity contribution in [2.45, 2.75) is 33.6 Å². The molecule has 1 atom stereocenters. The van der Waals surface area contributed by atoms with Crippen molar-refractivity contribution < 1.29 is 14.7 Å². The van der Waals surface area contributed by atoms with Crippen LogP contribution in [0.3, 0.4) is 0 Å². The van der Waals surface area contributed by atoms with E-state index >= 15 is 0 Å². The highest BCUT2D eigenvalue weighted by Gasteiger charge is 2.30. The second-order valence-corrected chi connectivity index (χ2v) is 6.55. The van der Waals surface area contributed by atoms with Crippen LogP contribution in [0.25, 0.3) is 0 Å². The molecule has 0 aromatic rings. The Morgan fingerprint density at radius 1 is 1.38 bits per heavy atom. The Kier molecular flexibility index (Phi) is 6.45. The van der Waals surface area contributed by atoms with Crippen molar-refractivity contribution in [3.63, 3.8) is 0 Å². The smallest absolute Gasteiger partial charge is 0.317 e. The summed E-state index contributed by atoms with van der Waals surface area (Å²) in [5, 5.41) is 11.9. The van der Waals surface area contributed by atoms with Gasteiger partial charge in [-0.3, -0.25) is 4.79 Å². The summed E-state index contributed by atoms with van der Waals surface area (Å²) in [7, 11) is 2.12. The van der Waals surface area contributed by atoms with Gasteiger partial charge in [-0.2, -0.15) is 0 Å². The number of hydrogen-bond donors (Lipinski definition) is 2. The van der Waals surface area contributed by atoms with Crippen molar-refractivity contribution in [3.8, 4) is 0 Å². The summed E-state index contributed by atoms with van der Waals surface area (Å²) in [5.41, 5.74) is 0.139. The first-order valence-corrected chi connectivity index (χ1v) is 7.71. The summed E-state index contributed by atoms with van der Waals surface area (Å²) in [6.07, 6.45) is 2.14. The molecule has 0 radical (unpaired) electrons. The number of carbonyl (C=O) groups excluding carboxylic acids is 1. The van der Waals surface area contributed by atoms with E-state index in [4.69, 9.17) is 5.11 Å². The van der Waals surface area contributed by atoms with Crippen LogP contribution in [0.15, 0.2) is 0 Å². The number of nitrogens with zero attached hydrogens (tertiary/aromatic N) is 2. The van der Waals surface area contributed by atoms with Gasteiger partial charge in [0.05, 0.1) is 5.92 Å².